The number of aliphatic hydroxyl groups is 1. The molecule has 1 rings (SSSR count). The van der Waals surface area contributed by atoms with E-state index in [0.717, 1.165) is 0 Å². The summed E-state index contributed by atoms with van der Waals surface area (Å²) >= 11 is 0. The van der Waals surface area contributed by atoms with Crippen LogP contribution in [-0.2, 0) is 10.2 Å². The summed E-state index contributed by atoms with van der Waals surface area (Å²) in [5.41, 5.74) is 0.118. The average molecular weight is 226 g/mol. The van der Waals surface area contributed by atoms with E-state index in [4.69, 9.17) is 4.52 Å². The third-order valence-corrected chi connectivity index (χ3v) is 2.80. The van der Waals surface area contributed by atoms with Crippen molar-refractivity contribution in [1.29, 1.82) is 0 Å². The molecule has 0 radical (unpaired) electrons. The van der Waals surface area contributed by atoms with Gasteiger partial charge in [0.25, 0.3) is 0 Å². The first kappa shape index (κ1) is 12.7. The highest BCUT2D eigenvalue weighted by molar-refractivity contribution is 5.89. The molecule has 0 aliphatic rings. The van der Waals surface area contributed by atoms with E-state index in [1.54, 1.807) is 19.9 Å². The van der Waals surface area contributed by atoms with Crippen molar-refractivity contribution in [3.63, 3.8) is 0 Å². The topological polar surface area (TPSA) is 75.4 Å². The molecule has 0 aromatic carbocycles. The minimum atomic E-state index is -0.549. The number of hydrogen-bond acceptors (Lipinski definition) is 4. The highest BCUT2D eigenvalue weighted by Crippen LogP contribution is 2.27. The van der Waals surface area contributed by atoms with Gasteiger partial charge in [-0.25, -0.2) is 0 Å². The molecule has 1 aromatic heterocycles. The lowest BCUT2D eigenvalue weighted by molar-refractivity contribution is -0.116. The van der Waals surface area contributed by atoms with Crippen molar-refractivity contribution >= 4 is 11.8 Å². The number of nitrogens with zero attached hydrogens (tertiary/aromatic N) is 1. The van der Waals surface area contributed by atoms with Crippen LogP contribution >= 0.6 is 0 Å². The van der Waals surface area contributed by atoms with E-state index in [2.05, 4.69) is 10.5 Å². The second-order valence-electron chi connectivity index (χ2n) is 4.38. The summed E-state index contributed by atoms with van der Waals surface area (Å²) < 4.78 is 4.98. The number of aliphatic hydroxyl groups excluding tert-OH is 1. The zero-order chi connectivity index (χ0) is 12.3. The van der Waals surface area contributed by atoms with Gasteiger partial charge in [-0.15, -0.1) is 0 Å². The maximum atomic E-state index is 11.1. The third-order valence-electron chi connectivity index (χ3n) is 2.80. The molecule has 1 amide bonds. The van der Waals surface area contributed by atoms with Gasteiger partial charge in [0.2, 0.25) is 11.8 Å². The molecular weight excluding hydrogens is 208 g/mol. The van der Waals surface area contributed by atoms with Crippen LogP contribution in [0.25, 0.3) is 0 Å². The second kappa shape index (κ2) is 4.65. The monoisotopic (exact) mass is 226 g/mol. The first-order valence-electron chi connectivity index (χ1n) is 5.33. The van der Waals surface area contributed by atoms with Crippen molar-refractivity contribution in [2.24, 2.45) is 0 Å². The highest BCUT2D eigenvalue weighted by Gasteiger charge is 2.30. The Labute approximate surface area is 94.8 Å². The maximum Gasteiger partial charge on any atom is 0.231 e. The molecule has 2 N–H and O–H groups in total. The summed E-state index contributed by atoms with van der Waals surface area (Å²) in [6.07, 6.45) is -0.164. The van der Waals surface area contributed by atoms with Gasteiger partial charge < -0.3 is 9.63 Å². The van der Waals surface area contributed by atoms with Crippen LogP contribution in [0.2, 0.25) is 0 Å². The van der Waals surface area contributed by atoms with Gasteiger partial charge in [0.15, 0.2) is 0 Å². The SMILES string of the molecule is CCC(=O)Nc1cc(C(C)(C)[C@H](C)O)no1. The van der Waals surface area contributed by atoms with Crippen molar-refractivity contribution in [3.05, 3.63) is 11.8 Å². The third kappa shape index (κ3) is 2.61. The Hall–Kier alpha value is -1.36. The van der Waals surface area contributed by atoms with Crippen LogP contribution in [0.3, 0.4) is 0 Å². The van der Waals surface area contributed by atoms with Gasteiger partial charge in [-0.3, -0.25) is 10.1 Å². The summed E-state index contributed by atoms with van der Waals surface area (Å²) in [5, 5.41) is 16.0. The fourth-order valence-corrected chi connectivity index (χ4v) is 1.08. The van der Waals surface area contributed by atoms with Crippen LogP contribution < -0.4 is 5.32 Å². The minimum absolute atomic E-state index is 0.127. The van der Waals surface area contributed by atoms with Gasteiger partial charge in [0, 0.05) is 17.9 Å². The molecule has 0 fully saturated rings. The van der Waals surface area contributed by atoms with Crippen molar-refractivity contribution in [2.75, 3.05) is 5.32 Å². The van der Waals surface area contributed by atoms with E-state index in [1.165, 1.54) is 0 Å². The van der Waals surface area contributed by atoms with Gasteiger partial charge in [0.05, 0.1) is 11.8 Å². The molecule has 1 aromatic rings. The smallest absolute Gasteiger partial charge is 0.231 e. The highest BCUT2D eigenvalue weighted by atomic mass is 16.5. The predicted octanol–water partition coefficient (Wildman–Crippen LogP) is 1.68. The molecule has 90 valence electrons. The van der Waals surface area contributed by atoms with E-state index < -0.39 is 11.5 Å². The van der Waals surface area contributed by atoms with Crippen LogP contribution in [0.5, 0.6) is 0 Å². The molecule has 16 heavy (non-hydrogen) atoms. The zero-order valence-corrected chi connectivity index (χ0v) is 10.1. The molecule has 0 spiro atoms. The number of amides is 1. The number of hydrogen-bond donors (Lipinski definition) is 2. The van der Waals surface area contributed by atoms with Gasteiger partial charge in [0.1, 0.15) is 0 Å². The molecule has 0 unspecified atom stereocenters. The van der Waals surface area contributed by atoms with Crippen molar-refractivity contribution in [2.45, 2.75) is 45.6 Å². The molecule has 5 nitrogen and oxygen atoms in total. The summed E-state index contributed by atoms with van der Waals surface area (Å²) in [5.74, 6) is 0.188. The Bertz CT molecular complexity index is 369. The van der Waals surface area contributed by atoms with Crippen LogP contribution in [0.1, 0.15) is 39.8 Å². The maximum absolute atomic E-state index is 11.1. The summed E-state index contributed by atoms with van der Waals surface area (Å²) in [6.45, 7) is 7.17. The number of anilines is 1. The Balaban J connectivity index is 2.83. The molecule has 0 bridgehead atoms. The average Bonchev–Trinajstić information content (AvgIpc) is 2.66. The predicted molar refractivity (Wildman–Crippen MR) is 60.1 cm³/mol. The van der Waals surface area contributed by atoms with Crippen molar-refractivity contribution in [1.82, 2.24) is 5.16 Å². The fourth-order valence-electron chi connectivity index (χ4n) is 1.08. The molecular formula is C11H18N2O3. The Kier molecular flexibility index (Phi) is 3.70. The van der Waals surface area contributed by atoms with Gasteiger partial charge >= 0.3 is 0 Å². The number of carbonyl (C=O) groups is 1. The molecule has 1 heterocycles. The normalized spacial score (nSPS) is 13.6. The second-order valence-corrected chi connectivity index (χ2v) is 4.38. The molecule has 1 atom stereocenters. The van der Waals surface area contributed by atoms with Crippen LogP contribution in [0.15, 0.2) is 10.6 Å². The lowest BCUT2D eigenvalue weighted by atomic mass is 9.84. The van der Waals surface area contributed by atoms with E-state index in [9.17, 15) is 9.90 Å². The molecule has 0 aliphatic heterocycles. The summed E-state index contributed by atoms with van der Waals surface area (Å²) in [4.78, 5) is 11.1. The molecule has 5 heteroatoms. The van der Waals surface area contributed by atoms with E-state index in [1.807, 2.05) is 13.8 Å². The fraction of sp³-hybridized carbons (Fsp3) is 0.636. The number of nitrogens with one attached hydrogen (secondary N) is 1. The van der Waals surface area contributed by atoms with Crippen molar-refractivity contribution in [3.8, 4) is 0 Å². The Morgan fingerprint density at radius 3 is 2.81 bits per heavy atom. The number of aromatic nitrogens is 1. The first-order valence-corrected chi connectivity index (χ1v) is 5.33. The lowest BCUT2D eigenvalue weighted by Crippen LogP contribution is -2.31. The number of rotatable bonds is 4. The zero-order valence-electron chi connectivity index (χ0n) is 10.1. The molecule has 0 aliphatic carbocycles. The summed E-state index contributed by atoms with van der Waals surface area (Å²) in [6, 6.07) is 1.64. The molecule has 0 saturated carbocycles. The summed E-state index contributed by atoms with van der Waals surface area (Å²) in [7, 11) is 0. The quantitative estimate of drug-likeness (QED) is 0.819. The van der Waals surface area contributed by atoms with Gasteiger partial charge in [-0.05, 0) is 6.92 Å². The largest absolute Gasteiger partial charge is 0.392 e. The van der Waals surface area contributed by atoms with Crippen molar-refractivity contribution < 1.29 is 14.4 Å². The van der Waals surface area contributed by atoms with Gasteiger partial charge in [-0.2, -0.15) is 0 Å². The Morgan fingerprint density at radius 2 is 2.31 bits per heavy atom. The first-order chi connectivity index (χ1) is 7.37. The minimum Gasteiger partial charge on any atom is -0.392 e. The van der Waals surface area contributed by atoms with Gasteiger partial charge in [-0.1, -0.05) is 25.9 Å². The standard InChI is InChI=1S/C11H18N2O3/c1-5-9(15)12-10-6-8(13-16-10)11(3,4)7(2)14/h6-7,14H,5H2,1-4H3,(H,12,15)/t7-/m0/s1. The molecule has 0 saturated heterocycles. The van der Waals surface area contributed by atoms with Crippen LogP contribution in [0, 0.1) is 0 Å². The van der Waals surface area contributed by atoms with E-state index in [-0.39, 0.29) is 5.91 Å². The van der Waals surface area contributed by atoms with E-state index >= 15 is 0 Å². The van der Waals surface area contributed by atoms with E-state index in [0.29, 0.717) is 18.0 Å². The lowest BCUT2D eigenvalue weighted by Gasteiger charge is -2.24. The van der Waals surface area contributed by atoms with Crippen LogP contribution in [0.4, 0.5) is 5.88 Å². The Morgan fingerprint density at radius 1 is 1.69 bits per heavy atom. The van der Waals surface area contributed by atoms with Crippen LogP contribution in [-0.4, -0.2) is 22.3 Å². The number of carbonyl (C=O) groups excluding carboxylic acids is 1.